The van der Waals surface area contributed by atoms with Crippen LogP contribution in [0.15, 0.2) is 60.7 Å². The summed E-state index contributed by atoms with van der Waals surface area (Å²) in [6.45, 7) is 6.57. The number of ether oxygens (including phenoxy) is 2. The van der Waals surface area contributed by atoms with E-state index >= 15 is 0 Å². The number of anilines is 1. The molecular formula is C22H24N2O4. The number of hydrogen-bond acceptors (Lipinski definition) is 4. The second-order valence-corrected chi connectivity index (χ2v) is 7.50. The molecule has 0 saturated heterocycles. The largest absolute Gasteiger partial charge is 0.444 e. The van der Waals surface area contributed by atoms with E-state index in [-0.39, 0.29) is 6.09 Å². The van der Waals surface area contributed by atoms with Crippen molar-refractivity contribution in [1.82, 2.24) is 4.90 Å². The smallest absolute Gasteiger partial charge is 0.417 e. The lowest BCUT2D eigenvalue weighted by Crippen LogP contribution is -2.35. The summed E-state index contributed by atoms with van der Waals surface area (Å²) in [6, 6.07) is 16.3. The van der Waals surface area contributed by atoms with Gasteiger partial charge in [0.05, 0.1) is 0 Å². The molecule has 146 valence electrons. The summed E-state index contributed by atoms with van der Waals surface area (Å²) in [4.78, 5) is 25.8. The highest BCUT2D eigenvalue weighted by Gasteiger charge is 2.25. The van der Waals surface area contributed by atoms with Gasteiger partial charge in [0.2, 0.25) is 0 Å². The summed E-state index contributed by atoms with van der Waals surface area (Å²) in [5.74, 6) is 0.481. The lowest BCUT2D eigenvalue weighted by molar-refractivity contribution is 0.0306. The number of para-hydroxylation sites is 1. The van der Waals surface area contributed by atoms with Gasteiger partial charge in [0.15, 0.2) is 0 Å². The fourth-order valence-corrected chi connectivity index (χ4v) is 2.74. The average molecular weight is 380 g/mol. The van der Waals surface area contributed by atoms with Crippen LogP contribution < -0.4 is 10.1 Å². The van der Waals surface area contributed by atoms with E-state index in [9.17, 15) is 9.59 Å². The Balaban J connectivity index is 1.55. The van der Waals surface area contributed by atoms with Crippen molar-refractivity contribution >= 4 is 23.4 Å². The second kappa shape index (κ2) is 8.17. The highest BCUT2D eigenvalue weighted by Crippen LogP contribution is 2.24. The van der Waals surface area contributed by atoms with Crippen LogP contribution >= 0.6 is 0 Å². The highest BCUT2D eigenvalue weighted by molar-refractivity contribution is 5.86. The molecule has 0 aliphatic carbocycles. The molecule has 0 atom stereocenters. The summed E-state index contributed by atoms with van der Waals surface area (Å²) < 4.78 is 10.6. The molecule has 3 rings (SSSR count). The van der Waals surface area contributed by atoms with Crippen LogP contribution in [-0.4, -0.2) is 35.8 Å². The Morgan fingerprint density at radius 2 is 1.68 bits per heavy atom. The number of nitrogens with one attached hydrogen (secondary N) is 1. The minimum Gasteiger partial charge on any atom is -0.444 e. The number of rotatable bonds is 3. The Morgan fingerprint density at radius 3 is 2.32 bits per heavy atom. The maximum atomic E-state index is 12.2. The van der Waals surface area contributed by atoms with Gasteiger partial charge in [-0.05, 0) is 56.2 Å². The number of amides is 2. The zero-order valence-electron chi connectivity index (χ0n) is 16.3. The van der Waals surface area contributed by atoms with Crippen molar-refractivity contribution in [1.29, 1.82) is 0 Å². The molecule has 6 heteroatoms. The zero-order chi connectivity index (χ0) is 20.1. The van der Waals surface area contributed by atoms with Crippen LogP contribution in [0.25, 0.3) is 5.57 Å². The van der Waals surface area contributed by atoms with Crippen molar-refractivity contribution in [2.75, 3.05) is 18.4 Å². The van der Waals surface area contributed by atoms with Gasteiger partial charge < -0.3 is 14.4 Å². The first kappa shape index (κ1) is 19.5. The number of nitrogens with zero attached hydrogens (tertiary/aromatic N) is 1. The number of hydrogen-bond donors (Lipinski definition) is 1. The Morgan fingerprint density at radius 1 is 1.00 bits per heavy atom. The Hall–Kier alpha value is -3.28. The van der Waals surface area contributed by atoms with Crippen molar-refractivity contribution < 1.29 is 19.1 Å². The lowest BCUT2D eigenvalue weighted by Gasteiger charge is -2.24. The summed E-state index contributed by atoms with van der Waals surface area (Å²) >= 11 is 0. The third-order valence-electron chi connectivity index (χ3n) is 4.03. The molecule has 1 aliphatic rings. The number of benzene rings is 2. The van der Waals surface area contributed by atoms with Crippen LogP contribution in [0.5, 0.6) is 5.75 Å². The third kappa shape index (κ3) is 5.36. The molecule has 0 unspecified atom stereocenters. The van der Waals surface area contributed by atoms with Crippen molar-refractivity contribution in [3.05, 3.63) is 66.2 Å². The first-order valence-corrected chi connectivity index (χ1v) is 9.11. The number of carbonyl (C=O) groups excluding carboxylic acids is 2. The molecule has 0 bridgehead atoms. The van der Waals surface area contributed by atoms with Gasteiger partial charge in [0.1, 0.15) is 11.4 Å². The van der Waals surface area contributed by atoms with Crippen LogP contribution in [0.4, 0.5) is 15.3 Å². The van der Waals surface area contributed by atoms with Crippen molar-refractivity contribution in [2.24, 2.45) is 0 Å². The van der Waals surface area contributed by atoms with E-state index in [1.807, 2.05) is 45.0 Å². The molecule has 0 radical (unpaired) electrons. The van der Waals surface area contributed by atoms with Crippen molar-refractivity contribution in [3.63, 3.8) is 0 Å². The predicted octanol–water partition coefficient (Wildman–Crippen LogP) is 4.93. The summed E-state index contributed by atoms with van der Waals surface area (Å²) in [5, 5.41) is 2.70. The van der Waals surface area contributed by atoms with Crippen molar-refractivity contribution in [2.45, 2.75) is 26.4 Å². The molecule has 2 amide bonds. The zero-order valence-corrected chi connectivity index (χ0v) is 16.3. The van der Waals surface area contributed by atoms with Gasteiger partial charge in [-0.1, -0.05) is 36.4 Å². The summed E-state index contributed by atoms with van der Waals surface area (Å²) in [7, 11) is 0. The predicted molar refractivity (Wildman–Crippen MR) is 108 cm³/mol. The van der Waals surface area contributed by atoms with Crippen LogP contribution in [0.2, 0.25) is 0 Å². The molecule has 1 heterocycles. The normalized spacial score (nSPS) is 13.7. The van der Waals surface area contributed by atoms with E-state index < -0.39 is 11.7 Å². The van der Waals surface area contributed by atoms with E-state index in [1.54, 1.807) is 41.3 Å². The first-order chi connectivity index (χ1) is 13.3. The van der Waals surface area contributed by atoms with E-state index in [0.717, 1.165) is 11.1 Å². The van der Waals surface area contributed by atoms with E-state index in [4.69, 9.17) is 9.47 Å². The molecule has 28 heavy (non-hydrogen) atoms. The van der Waals surface area contributed by atoms with Gasteiger partial charge in [-0.2, -0.15) is 0 Å². The Bertz CT molecular complexity index is 868. The molecule has 1 aliphatic heterocycles. The van der Waals surface area contributed by atoms with Crippen LogP contribution in [0.1, 0.15) is 26.3 Å². The van der Waals surface area contributed by atoms with Gasteiger partial charge in [0, 0.05) is 18.8 Å². The lowest BCUT2D eigenvalue weighted by atomic mass is 10.1. The molecular weight excluding hydrogens is 356 g/mol. The van der Waals surface area contributed by atoms with E-state index in [1.165, 1.54) is 0 Å². The topological polar surface area (TPSA) is 67.9 Å². The van der Waals surface area contributed by atoms with Gasteiger partial charge >= 0.3 is 12.2 Å². The molecule has 2 aromatic rings. The van der Waals surface area contributed by atoms with E-state index in [0.29, 0.717) is 24.5 Å². The molecule has 1 N–H and O–H groups in total. The minimum absolute atomic E-state index is 0.319. The SMILES string of the molecule is CC(C)(C)OC(=O)N1CC=C(c2ccc(NC(=O)Oc3ccccc3)cc2)C1. The fraction of sp³-hybridized carbons (Fsp3) is 0.273. The first-order valence-electron chi connectivity index (χ1n) is 9.11. The quantitative estimate of drug-likeness (QED) is 0.820. The standard InChI is InChI=1S/C22H24N2O4/c1-22(2,3)28-21(26)24-14-13-17(15-24)16-9-11-18(12-10-16)23-20(25)27-19-7-5-4-6-8-19/h4-13H,14-15H2,1-3H3,(H,23,25). The molecule has 0 saturated carbocycles. The second-order valence-electron chi connectivity index (χ2n) is 7.50. The summed E-state index contributed by atoms with van der Waals surface area (Å²) in [5.41, 5.74) is 2.16. The van der Waals surface area contributed by atoms with Crippen LogP contribution in [0.3, 0.4) is 0 Å². The molecule has 2 aromatic carbocycles. The Kier molecular flexibility index (Phi) is 5.68. The minimum atomic E-state index is -0.546. The summed E-state index contributed by atoms with van der Waals surface area (Å²) in [6.07, 6.45) is 1.14. The average Bonchev–Trinajstić information content (AvgIpc) is 3.12. The molecule has 0 fully saturated rings. The van der Waals surface area contributed by atoms with Gasteiger partial charge in [-0.3, -0.25) is 5.32 Å². The van der Waals surface area contributed by atoms with Gasteiger partial charge in [0.25, 0.3) is 0 Å². The van der Waals surface area contributed by atoms with Gasteiger partial charge in [-0.15, -0.1) is 0 Å². The third-order valence-corrected chi connectivity index (χ3v) is 4.03. The molecule has 0 spiro atoms. The molecule has 0 aromatic heterocycles. The van der Waals surface area contributed by atoms with Crippen LogP contribution in [0, 0.1) is 0 Å². The Labute approximate surface area is 164 Å². The van der Waals surface area contributed by atoms with Crippen LogP contribution in [-0.2, 0) is 4.74 Å². The molecule has 6 nitrogen and oxygen atoms in total. The maximum absolute atomic E-state index is 12.2. The maximum Gasteiger partial charge on any atom is 0.417 e. The monoisotopic (exact) mass is 380 g/mol. The fourth-order valence-electron chi connectivity index (χ4n) is 2.74. The van der Waals surface area contributed by atoms with Gasteiger partial charge in [-0.25, -0.2) is 9.59 Å². The highest BCUT2D eigenvalue weighted by atomic mass is 16.6. The van der Waals surface area contributed by atoms with E-state index in [2.05, 4.69) is 5.32 Å². The van der Waals surface area contributed by atoms with Crippen molar-refractivity contribution in [3.8, 4) is 5.75 Å². The number of carbonyl (C=O) groups is 2.